The van der Waals surface area contributed by atoms with Crippen molar-refractivity contribution in [3.63, 3.8) is 0 Å². The van der Waals surface area contributed by atoms with Gasteiger partial charge in [0, 0.05) is 12.6 Å². The molecule has 0 radical (unpaired) electrons. The Morgan fingerprint density at radius 1 is 1.40 bits per heavy atom. The van der Waals surface area contributed by atoms with Gasteiger partial charge in [0.25, 0.3) is 0 Å². The molecule has 1 aliphatic rings. The van der Waals surface area contributed by atoms with Gasteiger partial charge in [-0.15, -0.1) is 0 Å². The molecule has 1 atom stereocenters. The second-order valence-corrected chi connectivity index (χ2v) is 4.36. The van der Waals surface area contributed by atoms with Crippen LogP contribution in [-0.2, 0) is 0 Å². The average molecular weight is 216 g/mol. The first-order valence-electron chi connectivity index (χ1n) is 6.01. The second-order valence-electron chi connectivity index (χ2n) is 4.36. The first-order chi connectivity index (χ1) is 7.26. The monoisotopic (exact) mass is 216 g/mol. The van der Waals surface area contributed by atoms with E-state index >= 15 is 0 Å². The van der Waals surface area contributed by atoms with Crippen LogP contribution in [0.1, 0.15) is 26.2 Å². The molecule has 0 aromatic heterocycles. The molecule has 1 saturated heterocycles. The molecule has 0 bridgehead atoms. The molecule has 90 valence electrons. The zero-order valence-corrected chi connectivity index (χ0v) is 9.65. The van der Waals surface area contributed by atoms with Crippen molar-refractivity contribution in [1.29, 1.82) is 0 Å². The van der Waals surface area contributed by atoms with Crippen molar-refractivity contribution in [2.24, 2.45) is 0 Å². The Morgan fingerprint density at radius 3 is 2.60 bits per heavy atom. The smallest absolute Gasteiger partial charge is 0.0895 e. The van der Waals surface area contributed by atoms with E-state index in [1.54, 1.807) is 0 Å². The highest BCUT2D eigenvalue weighted by Gasteiger charge is 2.18. The SMILES string of the molecule is CCCN1CCC(NCC(O)CO)CC1. The number of nitrogens with one attached hydrogen (secondary N) is 1. The van der Waals surface area contributed by atoms with Gasteiger partial charge in [-0.1, -0.05) is 6.92 Å². The van der Waals surface area contributed by atoms with E-state index in [4.69, 9.17) is 5.11 Å². The molecule has 4 heteroatoms. The summed E-state index contributed by atoms with van der Waals surface area (Å²) < 4.78 is 0. The minimum absolute atomic E-state index is 0.151. The Morgan fingerprint density at radius 2 is 2.07 bits per heavy atom. The fourth-order valence-corrected chi connectivity index (χ4v) is 2.04. The molecule has 1 fully saturated rings. The molecular weight excluding hydrogens is 192 g/mol. The zero-order chi connectivity index (χ0) is 11.1. The van der Waals surface area contributed by atoms with Gasteiger partial charge >= 0.3 is 0 Å². The van der Waals surface area contributed by atoms with Crippen LogP contribution < -0.4 is 5.32 Å². The topological polar surface area (TPSA) is 55.7 Å². The highest BCUT2D eigenvalue weighted by atomic mass is 16.3. The minimum atomic E-state index is -0.612. The maximum atomic E-state index is 9.20. The van der Waals surface area contributed by atoms with Crippen molar-refractivity contribution in [2.45, 2.75) is 38.3 Å². The van der Waals surface area contributed by atoms with Crippen molar-refractivity contribution in [2.75, 3.05) is 32.8 Å². The highest BCUT2D eigenvalue weighted by molar-refractivity contribution is 4.77. The van der Waals surface area contributed by atoms with Crippen LogP contribution in [0.15, 0.2) is 0 Å². The van der Waals surface area contributed by atoms with Crippen LogP contribution in [0.4, 0.5) is 0 Å². The van der Waals surface area contributed by atoms with E-state index in [-0.39, 0.29) is 6.61 Å². The zero-order valence-electron chi connectivity index (χ0n) is 9.65. The number of hydrogen-bond acceptors (Lipinski definition) is 4. The predicted molar refractivity (Wildman–Crippen MR) is 60.8 cm³/mol. The Bertz CT molecular complexity index is 159. The van der Waals surface area contributed by atoms with Gasteiger partial charge in [0.1, 0.15) is 0 Å². The maximum Gasteiger partial charge on any atom is 0.0895 e. The van der Waals surface area contributed by atoms with Crippen LogP contribution in [-0.4, -0.2) is 60.0 Å². The van der Waals surface area contributed by atoms with E-state index in [1.165, 1.54) is 13.0 Å². The van der Waals surface area contributed by atoms with Crippen LogP contribution in [0.5, 0.6) is 0 Å². The van der Waals surface area contributed by atoms with Crippen molar-refractivity contribution in [3.05, 3.63) is 0 Å². The quantitative estimate of drug-likeness (QED) is 0.576. The molecule has 0 aromatic carbocycles. The van der Waals surface area contributed by atoms with Crippen molar-refractivity contribution in [1.82, 2.24) is 10.2 Å². The molecule has 0 aliphatic carbocycles. The van der Waals surface area contributed by atoms with E-state index in [9.17, 15) is 5.11 Å². The summed E-state index contributed by atoms with van der Waals surface area (Å²) in [5, 5.41) is 21.2. The number of nitrogens with zero attached hydrogens (tertiary/aromatic N) is 1. The summed E-state index contributed by atoms with van der Waals surface area (Å²) in [5.74, 6) is 0. The lowest BCUT2D eigenvalue weighted by Gasteiger charge is -2.32. The number of piperidine rings is 1. The lowest BCUT2D eigenvalue weighted by atomic mass is 10.0. The van der Waals surface area contributed by atoms with Gasteiger partial charge in [-0.3, -0.25) is 0 Å². The molecule has 0 spiro atoms. The summed E-state index contributed by atoms with van der Waals surface area (Å²) >= 11 is 0. The van der Waals surface area contributed by atoms with Gasteiger partial charge in [-0.25, -0.2) is 0 Å². The molecule has 3 N–H and O–H groups in total. The number of rotatable bonds is 6. The van der Waals surface area contributed by atoms with Crippen molar-refractivity contribution in [3.8, 4) is 0 Å². The third-order valence-electron chi connectivity index (χ3n) is 2.98. The summed E-state index contributed by atoms with van der Waals surface area (Å²) in [4.78, 5) is 2.49. The van der Waals surface area contributed by atoms with E-state index in [2.05, 4.69) is 17.1 Å². The van der Waals surface area contributed by atoms with Crippen LogP contribution in [0.2, 0.25) is 0 Å². The summed E-state index contributed by atoms with van der Waals surface area (Å²) in [5.41, 5.74) is 0. The van der Waals surface area contributed by atoms with Crippen LogP contribution in [0.25, 0.3) is 0 Å². The molecule has 1 rings (SSSR count). The summed E-state index contributed by atoms with van der Waals surface area (Å²) in [7, 11) is 0. The van der Waals surface area contributed by atoms with Crippen LogP contribution in [0, 0.1) is 0 Å². The second kappa shape index (κ2) is 7.17. The number of aliphatic hydroxyl groups is 2. The molecular formula is C11H24N2O2. The minimum Gasteiger partial charge on any atom is -0.394 e. The summed E-state index contributed by atoms with van der Waals surface area (Å²) in [6.45, 7) is 6.08. The lowest BCUT2D eigenvalue weighted by Crippen LogP contribution is -2.45. The van der Waals surface area contributed by atoms with Gasteiger partial charge in [0.05, 0.1) is 12.7 Å². The number of hydrogen-bond donors (Lipinski definition) is 3. The Balaban J connectivity index is 2.09. The first-order valence-corrected chi connectivity index (χ1v) is 6.01. The third-order valence-corrected chi connectivity index (χ3v) is 2.98. The van der Waals surface area contributed by atoms with Gasteiger partial charge < -0.3 is 20.4 Å². The largest absolute Gasteiger partial charge is 0.394 e. The van der Waals surface area contributed by atoms with E-state index in [0.29, 0.717) is 12.6 Å². The summed E-state index contributed by atoms with van der Waals surface area (Å²) in [6, 6.07) is 0.513. The molecule has 15 heavy (non-hydrogen) atoms. The van der Waals surface area contributed by atoms with E-state index in [0.717, 1.165) is 25.9 Å². The Labute approximate surface area is 92.3 Å². The third kappa shape index (κ3) is 4.93. The molecule has 4 nitrogen and oxygen atoms in total. The van der Waals surface area contributed by atoms with Gasteiger partial charge in [-0.05, 0) is 38.9 Å². The van der Waals surface area contributed by atoms with Gasteiger partial charge in [0.15, 0.2) is 0 Å². The lowest BCUT2D eigenvalue weighted by molar-refractivity contribution is 0.0877. The molecule has 0 aromatic rings. The standard InChI is InChI=1S/C11H24N2O2/c1-2-5-13-6-3-10(4-7-13)12-8-11(15)9-14/h10-12,14-15H,2-9H2,1H3. The molecule has 1 aliphatic heterocycles. The normalized spacial score (nSPS) is 21.8. The number of likely N-dealkylation sites (tertiary alicyclic amines) is 1. The van der Waals surface area contributed by atoms with Gasteiger partial charge in [-0.2, -0.15) is 0 Å². The van der Waals surface area contributed by atoms with Crippen LogP contribution >= 0.6 is 0 Å². The summed E-state index contributed by atoms with van der Waals surface area (Å²) in [6.07, 6.45) is 2.91. The molecule has 1 unspecified atom stereocenters. The molecule has 0 amide bonds. The molecule has 1 heterocycles. The van der Waals surface area contributed by atoms with Crippen LogP contribution in [0.3, 0.4) is 0 Å². The van der Waals surface area contributed by atoms with Gasteiger partial charge in [0.2, 0.25) is 0 Å². The Kier molecular flexibility index (Phi) is 6.17. The highest BCUT2D eigenvalue weighted by Crippen LogP contribution is 2.10. The fourth-order valence-electron chi connectivity index (χ4n) is 2.04. The number of aliphatic hydroxyl groups excluding tert-OH is 2. The Hall–Kier alpha value is -0.160. The van der Waals surface area contributed by atoms with E-state index < -0.39 is 6.10 Å². The fraction of sp³-hybridized carbons (Fsp3) is 1.00. The van der Waals surface area contributed by atoms with E-state index in [1.807, 2.05) is 0 Å². The average Bonchev–Trinajstić information content (AvgIpc) is 2.28. The maximum absolute atomic E-state index is 9.20. The van der Waals surface area contributed by atoms with Crippen molar-refractivity contribution < 1.29 is 10.2 Å². The molecule has 0 saturated carbocycles. The van der Waals surface area contributed by atoms with Crippen molar-refractivity contribution >= 4 is 0 Å². The predicted octanol–water partition coefficient (Wildman–Crippen LogP) is -0.196. The first kappa shape index (κ1) is 12.9.